The van der Waals surface area contributed by atoms with Crippen LogP contribution in [0.1, 0.15) is 66.9 Å². The molecule has 3 aromatic carbocycles. The summed E-state index contributed by atoms with van der Waals surface area (Å²) < 4.78 is 10.8. The molecule has 3 aromatic rings. The lowest BCUT2D eigenvalue weighted by atomic mass is 10.0. The molecule has 0 aromatic heterocycles. The highest BCUT2D eigenvalue weighted by Crippen LogP contribution is 2.20. The van der Waals surface area contributed by atoms with E-state index in [1.807, 2.05) is 49.4 Å². The van der Waals surface area contributed by atoms with Crippen LogP contribution < -0.4 is 10.1 Å². The number of ether oxygens (including phenoxy) is 2. The third-order valence-corrected chi connectivity index (χ3v) is 5.99. The van der Waals surface area contributed by atoms with Crippen molar-refractivity contribution in [3.8, 4) is 5.75 Å². The zero-order valence-electron chi connectivity index (χ0n) is 21.2. The van der Waals surface area contributed by atoms with Crippen molar-refractivity contribution in [2.75, 3.05) is 18.5 Å². The van der Waals surface area contributed by atoms with E-state index in [2.05, 4.69) is 29.6 Å². The quantitative estimate of drug-likeness (QED) is 0.185. The van der Waals surface area contributed by atoms with Crippen molar-refractivity contribution in [1.82, 2.24) is 0 Å². The molecule has 0 atom stereocenters. The van der Waals surface area contributed by atoms with E-state index in [1.165, 1.54) is 5.56 Å². The van der Waals surface area contributed by atoms with Crippen molar-refractivity contribution in [2.24, 2.45) is 0 Å². The number of unbranched alkanes of at least 4 members (excludes halogenated alkanes) is 3. The molecule has 190 valence electrons. The van der Waals surface area contributed by atoms with Gasteiger partial charge in [0.25, 0.3) is 5.91 Å². The lowest BCUT2D eigenvalue weighted by Crippen LogP contribution is -2.13. The van der Waals surface area contributed by atoms with Gasteiger partial charge < -0.3 is 14.8 Å². The Bertz CT molecular complexity index is 1060. The minimum absolute atomic E-state index is 0.135. The Kier molecular flexibility index (Phi) is 11.6. The fourth-order valence-corrected chi connectivity index (χ4v) is 4.02. The molecule has 1 N–H and O–H groups in total. The van der Waals surface area contributed by atoms with Gasteiger partial charge in [-0.15, -0.1) is 0 Å². The van der Waals surface area contributed by atoms with Crippen LogP contribution in [0.5, 0.6) is 5.75 Å². The van der Waals surface area contributed by atoms with Gasteiger partial charge in [-0.05, 0) is 86.9 Å². The van der Waals surface area contributed by atoms with Crippen LogP contribution >= 0.6 is 0 Å². The molecule has 0 heterocycles. The van der Waals surface area contributed by atoms with Gasteiger partial charge >= 0.3 is 5.97 Å². The van der Waals surface area contributed by atoms with Crippen molar-refractivity contribution < 1.29 is 19.1 Å². The molecule has 0 unspecified atom stereocenters. The predicted octanol–water partition coefficient (Wildman–Crippen LogP) is 7.01. The largest absolute Gasteiger partial charge is 0.494 e. The molecule has 5 nitrogen and oxygen atoms in total. The number of hydrogen-bond acceptors (Lipinski definition) is 4. The monoisotopic (exact) mass is 487 g/mol. The molecule has 0 fully saturated rings. The first-order valence-electron chi connectivity index (χ1n) is 13.0. The second-order valence-electron chi connectivity index (χ2n) is 8.79. The van der Waals surface area contributed by atoms with Gasteiger partial charge in [-0.3, -0.25) is 9.59 Å². The molecule has 5 heteroatoms. The number of nitrogens with one attached hydrogen (secondary N) is 1. The first-order chi connectivity index (χ1) is 17.7. The number of esters is 1. The minimum atomic E-state index is -0.140. The topological polar surface area (TPSA) is 64.6 Å². The summed E-state index contributed by atoms with van der Waals surface area (Å²) >= 11 is 0. The van der Waals surface area contributed by atoms with Gasteiger partial charge in [-0.1, -0.05) is 55.0 Å². The Morgan fingerprint density at radius 2 is 1.47 bits per heavy atom. The molecule has 0 saturated heterocycles. The number of rotatable bonds is 15. The van der Waals surface area contributed by atoms with E-state index in [0.717, 1.165) is 61.9 Å². The summed E-state index contributed by atoms with van der Waals surface area (Å²) in [4.78, 5) is 24.3. The fourth-order valence-electron chi connectivity index (χ4n) is 4.02. The molecular weight excluding hydrogens is 450 g/mol. The molecule has 0 aliphatic heterocycles. The van der Waals surface area contributed by atoms with Crippen molar-refractivity contribution >= 4 is 17.6 Å². The molecule has 0 aliphatic carbocycles. The normalized spacial score (nSPS) is 10.6. The Morgan fingerprint density at radius 1 is 0.750 bits per heavy atom. The number of amides is 1. The van der Waals surface area contributed by atoms with Crippen LogP contribution in [0.25, 0.3) is 0 Å². The average Bonchev–Trinajstić information content (AvgIpc) is 2.90. The van der Waals surface area contributed by atoms with E-state index in [4.69, 9.17) is 9.47 Å². The molecule has 0 aliphatic rings. The minimum Gasteiger partial charge on any atom is -0.494 e. The Labute approximate surface area is 214 Å². The SMILES string of the molecule is CCOC(=O)CCCCCc1ccccc1NC(=O)c1ccc(OCCCCc2ccccc2)cc1. The number of para-hydroxylation sites is 1. The summed E-state index contributed by atoms with van der Waals surface area (Å²) in [6.07, 6.45) is 7.12. The number of benzene rings is 3. The summed E-state index contributed by atoms with van der Waals surface area (Å²) in [5.41, 5.74) is 3.86. The smallest absolute Gasteiger partial charge is 0.305 e. The molecular formula is C31H37NO4. The van der Waals surface area contributed by atoms with E-state index in [1.54, 1.807) is 12.1 Å². The Morgan fingerprint density at radius 3 is 2.25 bits per heavy atom. The van der Waals surface area contributed by atoms with E-state index in [0.29, 0.717) is 25.2 Å². The summed E-state index contributed by atoms with van der Waals surface area (Å²) in [7, 11) is 0. The van der Waals surface area contributed by atoms with Crippen LogP contribution in [0.15, 0.2) is 78.9 Å². The zero-order chi connectivity index (χ0) is 25.4. The first-order valence-corrected chi connectivity index (χ1v) is 13.0. The van der Waals surface area contributed by atoms with E-state index in [-0.39, 0.29) is 11.9 Å². The van der Waals surface area contributed by atoms with E-state index < -0.39 is 0 Å². The van der Waals surface area contributed by atoms with Gasteiger partial charge in [0.15, 0.2) is 0 Å². The zero-order valence-corrected chi connectivity index (χ0v) is 21.2. The maximum atomic E-state index is 12.8. The predicted molar refractivity (Wildman–Crippen MR) is 145 cm³/mol. The highest BCUT2D eigenvalue weighted by molar-refractivity contribution is 6.04. The molecule has 0 spiro atoms. The van der Waals surface area contributed by atoms with Crippen LogP contribution in [0, 0.1) is 0 Å². The Balaban J connectivity index is 1.40. The Hall–Kier alpha value is -3.60. The van der Waals surface area contributed by atoms with Gasteiger partial charge in [0.2, 0.25) is 0 Å². The van der Waals surface area contributed by atoms with E-state index >= 15 is 0 Å². The van der Waals surface area contributed by atoms with Gasteiger partial charge in [0.1, 0.15) is 5.75 Å². The number of carbonyl (C=O) groups is 2. The van der Waals surface area contributed by atoms with Crippen molar-refractivity contribution in [3.63, 3.8) is 0 Å². The van der Waals surface area contributed by atoms with Crippen LogP contribution in [0.3, 0.4) is 0 Å². The summed E-state index contributed by atoms with van der Waals surface area (Å²) in [5.74, 6) is 0.498. The van der Waals surface area contributed by atoms with Crippen molar-refractivity contribution in [2.45, 2.75) is 58.3 Å². The third-order valence-electron chi connectivity index (χ3n) is 5.99. The highest BCUT2D eigenvalue weighted by atomic mass is 16.5. The van der Waals surface area contributed by atoms with Crippen LogP contribution in [-0.2, 0) is 22.4 Å². The number of aryl methyl sites for hydroxylation is 2. The molecule has 0 radical (unpaired) electrons. The fraction of sp³-hybridized carbons (Fsp3) is 0.355. The van der Waals surface area contributed by atoms with Gasteiger partial charge in [-0.25, -0.2) is 0 Å². The second kappa shape index (κ2) is 15.4. The maximum Gasteiger partial charge on any atom is 0.305 e. The molecule has 3 rings (SSSR count). The summed E-state index contributed by atoms with van der Waals surface area (Å²) in [6.45, 7) is 2.91. The molecule has 1 amide bonds. The van der Waals surface area contributed by atoms with Crippen molar-refractivity contribution in [3.05, 3.63) is 95.6 Å². The summed E-state index contributed by atoms with van der Waals surface area (Å²) in [5, 5.41) is 3.04. The standard InChI is InChI=1S/C31H37NO4/c1-2-35-30(33)19-8-4-7-16-26-17-9-10-18-29(26)32-31(34)27-20-22-28(23-21-27)36-24-12-11-15-25-13-5-3-6-14-25/h3,5-6,9-10,13-14,17-18,20-23H,2,4,7-8,11-12,15-16,19,24H2,1H3,(H,32,34). The lowest BCUT2D eigenvalue weighted by Gasteiger charge is -2.12. The first kappa shape index (κ1) is 27.0. The second-order valence-corrected chi connectivity index (χ2v) is 8.79. The van der Waals surface area contributed by atoms with Gasteiger partial charge in [0.05, 0.1) is 13.2 Å². The number of hydrogen-bond donors (Lipinski definition) is 1. The van der Waals surface area contributed by atoms with Crippen LogP contribution in [0.2, 0.25) is 0 Å². The lowest BCUT2D eigenvalue weighted by molar-refractivity contribution is -0.143. The van der Waals surface area contributed by atoms with Gasteiger partial charge in [-0.2, -0.15) is 0 Å². The molecule has 36 heavy (non-hydrogen) atoms. The number of anilines is 1. The summed E-state index contributed by atoms with van der Waals surface area (Å²) in [6, 6.07) is 25.6. The number of carbonyl (C=O) groups excluding carboxylic acids is 2. The van der Waals surface area contributed by atoms with Crippen LogP contribution in [0.4, 0.5) is 5.69 Å². The molecule has 0 saturated carbocycles. The highest BCUT2D eigenvalue weighted by Gasteiger charge is 2.10. The van der Waals surface area contributed by atoms with Gasteiger partial charge in [0, 0.05) is 17.7 Å². The van der Waals surface area contributed by atoms with Crippen molar-refractivity contribution in [1.29, 1.82) is 0 Å². The third kappa shape index (κ3) is 9.57. The average molecular weight is 488 g/mol. The maximum absolute atomic E-state index is 12.8. The van der Waals surface area contributed by atoms with E-state index in [9.17, 15) is 9.59 Å². The molecule has 0 bridgehead atoms. The van der Waals surface area contributed by atoms with Crippen LogP contribution in [-0.4, -0.2) is 25.1 Å².